The first-order valence-electron chi connectivity index (χ1n) is 16.5. The van der Waals surface area contributed by atoms with Crippen molar-refractivity contribution in [1.29, 1.82) is 0 Å². The maximum Gasteiger partial charge on any atom is 0.411 e. The van der Waals surface area contributed by atoms with E-state index >= 15 is 0 Å². The fourth-order valence-electron chi connectivity index (χ4n) is 6.39. The lowest BCUT2D eigenvalue weighted by atomic mass is 9.95. The van der Waals surface area contributed by atoms with E-state index in [0.29, 0.717) is 12.1 Å². The van der Waals surface area contributed by atoms with Gasteiger partial charge in [0.05, 0.1) is 5.69 Å². The smallest absolute Gasteiger partial charge is 0.411 e. The number of benzene rings is 2. The molecule has 2 aliphatic heterocycles. The van der Waals surface area contributed by atoms with Gasteiger partial charge in [-0.05, 0) is 62.9 Å². The van der Waals surface area contributed by atoms with Crippen LogP contribution in [0.25, 0.3) is 11.1 Å². The van der Waals surface area contributed by atoms with Crippen molar-refractivity contribution >= 4 is 23.6 Å². The summed E-state index contributed by atoms with van der Waals surface area (Å²) in [7, 11) is 3.56. The SMILES string of the molecule is CNC(=O)C1CCN(CC2=CC=C(C(=O)N(C)CCN3CCC(OC(=O)Nc4ccccc4-c4ccccc4)CC3)C=CC2)CC1. The van der Waals surface area contributed by atoms with E-state index in [2.05, 4.69) is 32.6 Å². The van der Waals surface area contributed by atoms with Crippen molar-refractivity contribution < 1.29 is 19.1 Å². The number of carbonyl (C=O) groups is 3. The highest BCUT2D eigenvalue weighted by atomic mass is 16.6. The molecule has 0 atom stereocenters. The molecule has 0 unspecified atom stereocenters. The Bertz CT molecular complexity index is 1440. The summed E-state index contributed by atoms with van der Waals surface area (Å²) in [4.78, 5) is 44.4. The standard InChI is InChI=1S/C37H47N5O4/c1-38-35(43)30-17-21-42(22-18-30)27-28-9-8-12-31(16-15-28)36(44)40(2)25-26-41-23-19-32(20-24-41)46-37(45)39-34-14-7-6-13-33(34)29-10-4-3-5-11-29/h3-8,10-16,30,32H,9,17-27H2,1-2H3,(H,38,43)(H,39,45). The third kappa shape index (κ3) is 9.17. The van der Waals surface area contributed by atoms with Crippen LogP contribution < -0.4 is 10.6 Å². The van der Waals surface area contributed by atoms with Gasteiger partial charge in [0.15, 0.2) is 0 Å². The van der Waals surface area contributed by atoms with Crippen LogP contribution in [0.3, 0.4) is 0 Å². The number of hydrogen-bond acceptors (Lipinski definition) is 6. The number of carbonyl (C=O) groups excluding carboxylic acids is 3. The Hall–Kier alpha value is -4.21. The molecule has 244 valence electrons. The number of nitrogens with one attached hydrogen (secondary N) is 2. The molecule has 0 bridgehead atoms. The average molecular weight is 626 g/mol. The molecule has 0 spiro atoms. The van der Waals surface area contributed by atoms with Gasteiger partial charge >= 0.3 is 6.09 Å². The Kier molecular flexibility index (Phi) is 11.8. The fraction of sp³-hybridized carbons (Fsp3) is 0.432. The number of amides is 3. The van der Waals surface area contributed by atoms with Crippen LogP contribution in [0.5, 0.6) is 0 Å². The zero-order valence-corrected chi connectivity index (χ0v) is 27.1. The molecule has 2 fully saturated rings. The molecule has 3 amide bonds. The van der Waals surface area contributed by atoms with Crippen LogP contribution in [0, 0.1) is 5.92 Å². The van der Waals surface area contributed by atoms with Gasteiger partial charge in [0, 0.05) is 63.9 Å². The molecule has 9 nitrogen and oxygen atoms in total. The number of hydrogen-bond donors (Lipinski definition) is 2. The summed E-state index contributed by atoms with van der Waals surface area (Å²) in [6, 6.07) is 17.7. The molecule has 0 saturated carbocycles. The number of anilines is 1. The second-order valence-electron chi connectivity index (χ2n) is 12.4. The highest BCUT2D eigenvalue weighted by molar-refractivity contribution is 5.96. The summed E-state index contributed by atoms with van der Waals surface area (Å²) in [6.07, 6.45) is 11.6. The number of allylic oxidation sites excluding steroid dienone is 3. The number of para-hydroxylation sites is 1. The first-order valence-corrected chi connectivity index (χ1v) is 16.5. The predicted octanol–water partition coefficient (Wildman–Crippen LogP) is 5.10. The number of piperidine rings is 2. The van der Waals surface area contributed by atoms with Gasteiger partial charge in [-0.3, -0.25) is 19.8 Å². The van der Waals surface area contributed by atoms with E-state index in [1.54, 1.807) is 11.9 Å². The topological polar surface area (TPSA) is 94.2 Å². The van der Waals surface area contributed by atoms with Gasteiger partial charge in [0.25, 0.3) is 5.91 Å². The van der Waals surface area contributed by atoms with Crippen LogP contribution in [-0.4, -0.2) is 98.6 Å². The van der Waals surface area contributed by atoms with E-state index in [1.165, 1.54) is 5.57 Å². The first-order chi connectivity index (χ1) is 22.4. The van der Waals surface area contributed by atoms with Crippen molar-refractivity contribution in [1.82, 2.24) is 20.0 Å². The molecular weight excluding hydrogens is 578 g/mol. The van der Waals surface area contributed by atoms with E-state index in [0.717, 1.165) is 88.2 Å². The molecular formula is C37H47N5O4. The number of likely N-dealkylation sites (tertiary alicyclic amines) is 2. The Morgan fingerprint density at radius 3 is 2.33 bits per heavy atom. The van der Waals surface area contributed by atoms with E-state index in [-0.39, 0.29) is 23.8 Å². The largest absolute Gasteiger partial charge is 0.446 e. The van der Waals surface area contributed by atoms with Gasteiger partial charge in [-0.15, -0.1) is 0 Å². The van der Waals surface area contributed by atoms with Crippen LogP contribution in [0.4, 0.5) is 10.5 Å². The van der Waals surface area contributed by atoms with E-state index in [9.17, 15) is 14.4 Å². The van der Waals surface area contributed by atoms with E-state index < -0.39 is 6.09 Å². The van der Waals surface area contributed by atoms with Gasteiger partial charge in [-0.2, -0.15) is 0 Å². The molecule has 9 heteroatoms. The molecule has 5 rings (SSSR count). The van der Waals surface area contributed by atoms with Crippen molar-refractivity contribution in [2.24, 2.45) is 5.92 Å². The van der Waals surface area contributed by atoms with Crippen LogP contribution in [0.15, 0.2) is 90.0 Å². The molecule has 2 saturated heterocycles. The van der Waals surface area contributed by atoms with E-state index in [1.807, 2.05) is 73.8 Å². The monoisotopic (exact) mass is 625 g/mol. The molecule has 0 radical (unpaired) electrons. The maximum atomic E-state index is 13.2. The molecule has 46 heavy (non-hydrogen) atoms. The summed E-state index contributed by atoms with van der Waals surface area (Å²) in [5, 5.41) is 5.70. The van der Waals surface area contributed by atoms with Crippen LogP contribution >= 0.6 is 0 Å². The van der Waals surface area contributed by atoms with Crippen molar-refractivity contribution in [2.75, 3.05) is 65.2 Å². The third-order valence-corrected chi connectivity index (χ3v) is 9.21. The first kappa shape index (κ1) is 33.2. The highest BCUT2D eigenvalue weighted by Gasteiger charge is 2.25. The average Bonchev–Trinajstić information content (AvgIpc) is 3.33. The second kappa shape index (κ2) is 16.4. The Balaban J connectivity index is 1.02. The van der Waals surface area contributed by atoms with Crippen molar-refractivity contribution in [3.63, 3.8) is 0 Å². The van der Waals surface area contributed by atoms with E-state index in [4.69, 9.17) is 4.74 Å². The third-order valence-electron chi connectivity index (χ3n) is 9.21. The maximum absolute atomic E-state index is 13.2. The highest BCUT2D eigenvalue weighted by Crippen LogP contribution is 2.28. The Morgan fingerprint density at radius 2 is 1.59 bits per heavy atom. The second-order valence-corrected chi connectivity index (χ2v) is 12.4. The van der Waals surface area contributed by atoms with Gasteiger partial charge in [-0.25, -0.2) is 4.79 Å². The van der Waals surface area contributed by atoms with Crippen LogP contribution in [0.2, 0.25) is 0 Å². The summed E-state index contributed by atoms with van der Waals surface area (Å²) in [5.74, 6) is 0.279. The van der Waals surface area contributed by atoms with Gasteiger partial charge in [0.1, 0.15) is 6.10 Å². The van der Waals surface area contributed by atoms with Crippen molar-refractivity contribution in [3.8, 4) is 11.1 Å². The van der Waals surface area contributed by atoms with Gasteiger partial charge in [0.2, 0.25) is 5.91 Å². The van der Waals surface area contributed by atoms with Crippen LogP contribution in [0.1, 0.15) is 32.1 Å². The van der Waals surface area contributed by atoms with Crippen molar-refractivity contribution in [2.45, 2.75) is 38.2 Å². The summed E-state index contributed by atoms with van der Waals surface area (Å²) in [6.45, 7) is 5.72. The Labute approximate surface area is 273 Å². The Morgan fingerprint density at radius 1 is 0.891 bits per heavy atom. The minimum Gasteiger partial charge on any atom is -0.446 e. The van der Waals surface area contributed by atoms with Crippen molar-refractivity contribution in [3.05, 3.63) is 90.0 Å². The summed E-state index contributed by atoms with van der Waals surface area (Å²) < 4.78 is 5.78. The minimum atomic E-state index is -0.431. The van der Waals surface area contributed by atoms with Crippen LogP contribution in [-0.2, 0) is 14.3 Å². The van der Waals surface area contributed by atoms with Gasteiger partial charge in [-0.1, -0.05) is 72.3 Å². The lowest BCUT2D eigenvalue weighted by Crippen LogP contribution is -2.42. The lowest BCUT2D eigenvalue weighted by Gasteiger charge is -2.32. The number of rotatable bonds is 10. The molecule has 3 aliphatic rings. The molecule has 0 aromatic heterocycles. The molecule has 2 N–H and O–H groups in total. The normalized spacial score (nSPS) is 18.2. The molecule has 2 aromatic carbocycles. The number of nitrogens with zero attached hydrogens (tertiary/aromatic N) is 3. The summed E-state index contributed by atoms with van der Waals surface area (Å²) >= 11 is 0. The lowest BCUT2D eigenvalue weighted by molar-refractivity contribution is -0.126. The molecule has 1 aliphatic carbocycles. The predicted molar refractivity (Wildman–Crippen MR) is 182 cm³/mol. The molecule has 2 heterocycles. The molecule has 2 aromatic rings. The number of likely N-dealkylation sites (N-methyl/N-ethyl adjacent to an activating group) is 1. The zero-order valence-electron chi connectivity index (χ0n) is 27.1. The summed E-state index contributed by atoms with van der Waals surface area (Å²) in [5.41, 5.74) is 4.70. The minimum absolute atomic E-state index is 0.0193. The van der Waals surface area contributed by atoms with Gasteiger partial charge < -0.3 is 19.9 Å². The number of ether oxygens (including phenoxy) is 1. The quantitative estimate of drug-likeness (QED) is 0.382. The fourth-order valence-corrected chi connectivity index (χ4v) is 6.39. The zero-order chi connectivity index (χ0) is 32.3.